The Kier molecular flexibility index (Phi) is 12.3. The number of hydrogen-bond acceptors (Lipinski definition) is 7. The van der Waals surface area contributed by atoms with E-state index in [1.165, 1.54) is 37.0 Å². The molecule has 0 bridgehead atoms. The zero-order valence-electron chi connectivity index (χ0n) is 30.4. The van der Waals surface area contributed by atoms with E-state index in [2.05, 4.69) is 43.0 Å². The van der Waals surface area contributed by atoms with Crippen LogP contribution < -0.4 is 10.1 Å². The summed E-state index contributed by atoms with van der Waals surface area (Å²) in [6.45, 7) is 11.3. The number of aliphatic carboxylic acids is 1. The second-order valence-corrected chi connectivity index (χ2v) is 15.9. The minimum absolute atomic E-state index is 0.101. The molecule has 3 heterocycles. The number of nitrogens with zero attached hydrogens (tertiary/aromatic N) is 3. The van der Waals surface area contributed by atoms with E-state index in [1.807, 2.05) is 54.6 Å². The summed E-state index contributed by atoms with van der Waals surface area (Å²) in [5, 5.41) is 12.7. The van der Waals surface area contributed by atoms with Crippen molar-refractivity contribution in [3.05, 3.63) is 88.4 Å². The second-order valence-electron chi connectivity index (χ2n) is 14.8. The highest BCUT2D eigenvalue weighted by atomic mass is 32.1. The van der Waals surface area contributed by atoms with Crippen LogP contribution in [0.1, 0.15) is 93.3 Å². The minimum Gasteiger partial charge on any atom is -0.494 e. The molecule has 51 heavy (non-hydrogen) atoms. The zero-order valence-corrected chi connectivity index (χ0v) is 31.2. The van der Waals surface area contributed by atoms with Crippen molar-refractivity contribution >= 4 is 29.1 Å². The Hall–Kier alpha value is -4.57. The van der Waals surface area contributed by atoms with Crippen molar-refractivity contribution in [1.82, 2.24) is 20.2 Å². The number of thiophene rings is 1. The van der Waals surface area contributed by atoms with Gasteiger partial charge in [0.2, 0.25) is 5.91 Å². The maximum absolute atomic E-state index is 13.8. The number of amides is 2. The number of carboxylic acid groups (broad SMARTS) is 1. The first-order valence-electron chi connectivity index (χ1n) is 17.9. The summed E-state index contributed by atoms with van der Waals surface area (Å²) in [5.74, 6) is -0.101. The summed E-state index contributed by atoms with van der Waals surface area (Å²) in [6, 6.07) is 18.5. The molecule has 9 nitrogen and oxygen atoms in total. The number of nitrogens with one attached hydrogen (secondary N) is 1. The lowest BCUT2D eigenvalue weighted by Gasteiger charge is -2.26. The highest BCUT2D eigenvalue weighted by molar-refractivity contribution is 7.14. The lowest BCUT2D eigenvalue weighted by molar-refractivity contribution is -0.147. The van der Waals surface area contributed by atoms with Gasteiger partial charge in [0.05, 0.1) is 16.9 Å². The third-order valence-electron chi connectivity index (χ3n) is 9.48. The number of hydrogen-bond donors (Lipinski definition) is 2. The largest absolute Gasteiger partial charge is 0.494 e. The molecule has 2 aromatic heterocycles. The molecule has 5 rings (SSSR count). The molecule has 0 aliphatic carbocycles. The fourth-order valence-corrected chi connectivity index (χ4v) is 7.09. The Labute approximate surface area is 305 Å². The third-order valence-corrected chi connectivity index (χ3v) is 11.0. The standard InChI is InChI=1S/C41H50N4O5S/c1-6-7-8-9-10-23-50-32-17-15-29(16-18-32)31-25-42-36(43-26-31)30-13-11-28(12-14-30)24-33(38(47)45-22-21-41(5,27-45)39(48)49)44-37(46)34-19-20-35(51-34)40(2,3)4/h11-20,25-26,33H,6-10,21-24,27H2,1-5H3,(H,44,46)(H,48,49)/t33-,41?/m0/s1. The number of carbonyl (C=O) groups is 3. The van der Waals surface area contributed by atoms with Crippen LogP contribution >= 0.6 is 11.3 Å². The van der Waals surface area contributed by atoms with Crippen LogP contribution in [0, 0.1) is 5.41 Å². The van der Waals surface area contributed by atoms with Crippen molar-refractivity contribution in [2.45, 2.75) is 91.0 Å². The van der Waals surface area contributed by atoms with Crippen molar-refractivity contribution in [3.8, 4) is 28.3 Å². The first-order chi connectivity index (χ1) is 24.4. The Morgan fingerprint density at radius 2 is 1.59 bits per heavy atom. The highest BCUT2D eigenvalue weighted by Crippen LogP contribution is 2.32. The van der Waals surface area contributed by atoms with Crippen LogP contribution in [0.3, 0.4) is 0 Å². The van der Waals surface area contributed by atoms with Crippen molar-refractivity contribution in [2.24, 2.45) is 5.41 Å². The molecule has 10 heteroatoms. The van der Waals surface area contributed by atoms with Crippen LogP contribution in [-0.4, -0.2) is 63.5 Å². The Balaban J connectivity index is 1.24. The van der Waals surface area contributed by atoms with E-state index in [0.717, 1.165) is 45.9 Å². The molecular formula is C41H50N4O5S. The van der Waals surface area contributed by atoms with Crippen molar-refractivity contribution < 1.29 is 24.2 Å². The number of unbranched alkanes of at least 4 members (excludes halogenated alkanes) is 4. The average Bonchev–Trinajstić information content (AvgIpc) is 3.79. The van der Waals surface area contributed by atoms with E-state index in [9.17, 15) is 19.5 Å². The van der Waals surface area contributed by atoms with Gasteiger partial charge < -0.3 is 20.1 Å². The predicted octanol–water partition coefficient (Wildman–Crippen LogP) is 8.18. The quantitative estimate of drug-likeness (QED) is 0.119. The van der Waals surface area contributed by atoms with Gasteiger partial charge in [-0.05, 0) is 60.6 Å². The zero-order chi connectivity index (χ0) is 36.6. The van der Waals surface area contributed by atoms with Gasteiger partial charge in [-0.15, -0.1) is 11.3 Å². The van der Waals surface area contributed by atoms with Crippen molar-refractivity contribution in [2.75, 3.05) is 19.7 Å². The van der Waals surface area contributed by atoms with Crippen LogP contribution in [0.25, 0.3) is 22.5 Å². The lowest BCUT2D eigenvalue weighted by atomic mass is 9.90. The van der Waals surface area contributed by atoms with E-state index in [-0.39, 0.29) is 30.2 Å². The Morgan fingerprint density at radius 1 is 0.922 bits per heavy atom. The molecule has 0 saturated carbocycles. The molecule has 1 saturated heterocycles. The summed E-state index contributed by atoms with van der Waals surface area (Å²) in [4.78, 5) is 51.5. The number of aromatic nitrogens is 2. The van der Waals surface area contributed by atoms with Gasteiger partial charge in [-0.3, -0.25) is 14.4 Å². The van der Waals surface area contributed by atoms with E-state index in [4.69, 9.17) is 4.74 Å². The molecule has 1 fully saturated rings. The number of benzene rings is 2. The molecule has 2 atom stereocenters. The first-order valence-corrected chi connectivity index (χ1v) is 18.8. The summed E-state index contributed by atoms with van der Waals surface area (Å²) < 4.78 is 5.90. The molecule has 1 aliphatic heterocycles. The van der Waals surface area contributed by atoms with Gasteiger partial charge >= 0.3 is 5.97 Å². The fraction of sp³-hybridized carbons (Fsp3) is 0.439. The van der Waals surface area contributed by atoms with Gasteiger partial charge in [0.25, 0.3) is 5.91 Å². The van der Waals surface area contributed by atoms with Gasteiger partial charge in [0.1, 0.15) is 11.8 Å². The molecule has 1 aliphatic rings. The minimum atomic E-state index is -1.01. The third kappa shape index (κ3) is 9.82. The summed E-state index contributed by atoms with van der Waals surface area (Å²) in [7, 11) is 0. The first kappa shape index (κ1) is 37.7. The maximum atomic E-state index is 13.8. The second kappa shape index (κ2) is 16.6. The van der Waals surface area contributed by atoms with Gasteiger partial charge in [0.15, 0.2) is 5.82 Å². The SMILES string of the molecule is CCCCCCCOc1ccc(-c2cnc(-c3ccc(C[C@H](NC(=O)c4ccc(C(C)(C)C)s4)C(=O)N4CCC(C)(C(=O)O)C4)cc3)nc2)cc1. The normalized spacial score (nSPS) is 16.5. The Morgan fingerprint density at radius 3 is 2.20 bits per heavy atom. The summed E-state index contributed by atoms with van der Waals surface area (Å²) in [6.07, 6.45) is 10.2. The van der Waals surface area contributed by atoms with Gasteiger partial charge in [-0.1, -0.05) is 89.8 Å². The number of carbonyl (C=O) groups excluding carboxylic acids is 2. The van der Waals surface area contributed by atoms with E-state index >= 15 is 0 Å². The Bertz CT molecular complexity index is 1780. The van der Waals surface area contributed by atoms with Crippen LogP contribution in [-0.2, 0) is 21.4 Å². The molecule has 2 aromatic carbocycles. The monoisotopic (exact) mass is 710 g/mol. The predicted molar refractivity (Wildman–Crippen MR) is 202 cm³/mol. The fourth-order valence-electron chi connectivity index (χ4n) is 6.13. The van der Waals surface area contributed by atoms with Crippen LogP contribution in [0.5, 0.6) is 5.75 Å². The highest BCUT2D eigenvalue weighted by Gasteiger charge is 2.43. The summed E-state index contributed by atoms with van der Waals surface area (Å²) >= 11 is 1.41. The van der Waals surface area contributed by atoms with Gasteiger partial charge in [-0.2, -0.15) is 0 Å². The molecule has 2 N–H and O–H groups in total. The molecule has 0 spiro atoms. The number of rotatable bonds is 15. The van der Waals surface area contributed by atoms with E-state index in [1.54, 1.807) is 30.3 Å². The van der Waals surface area contributed by atoms with E-state index in [0.29, 0.717) is 23.7 Å². The van der Waals surface area contributed by atoms with E-state index < -0.39 is 17.4 Å². The van der Waals surface area contributed by atoms with Crippen molar-refractivity contribution in [1.29, 1.82) is 0 Å². The molecule has 4 aromatic rings. The molecule has 2 amide bonds. The average molecular weight is 711 g/mol. The molecule has 1 unspecified atom stereocenters. The van der Waals surface area contributed by atoms with Gasteiger partial charge in [-0.25, -0.2) is 9.97 Å². The molecular weight excluding hydrogens is 661 g/mol. The lowest BCUT2D eigenvalue weighted by Crippen LogP contribution is -2.49. The number of ether oxygens (including phenoxy) is 1. The molecule has 0 radical (unpaired) electrons. The van der Waals surface area contributed by atoms with Crippen LogP contribution in [0.4, 0.5) is 0 Å². The molecule has 270 valence electrons. The summed E-state index contributed by atoms with van der Waals surface area (Å²) in [5.41, 5.74) is 2.46. The van der Waals surface area contributed by atoms with Crippen LogP contribution in [0.15, 0.2) is 73.1 Å². The smallest absolute Gasteiger partial charge is 0.311 e. The number of likely N-dealkylation sites (tertiary alicyclic amines) is 1. The van der Waals surface area contributed by atoms with Crippen LogP contribution in [0.2, 0.25) is 0 Å². The number of carboxylic acids is 1. The maximum Gasteiger partial charge on any atom is 0.311 e. The van der Waals surface area contributed by atoms with Crippen molar-refractivity contribution in [3.63, 3.8) is 0 Å². The topological polar surface area (TPSA) is 122 Å². The van der Waals surface area contributed by atoms with Gasteiger partial charge in [0, 0.05) is 47.9 Å².